The van der Waals surface area contributed by atoms with Crippen LogP contribution in [0.4, 0.5) is 0 Å². The molecule has 1 aliphatic heterocycles. The van der Waals surface area contributed by atoms with E-state index in [2.05, 4.69) is 6.92 Å². The first-order valence-corrected chi connectivity index (χ1v) is 5.95. The summed E-state index contributed by atoms with van der Waals surface area (Å²) in [5, 5.41) is 0. The average Bonchev–Trinajstić information content (AvgIpc) is 2.61. The minimum atomic E-state index is 0.515. The van der Waals surface area contributed by atoms with Crippen LogP contribution in [-0.4, -0.2) is 24.9 Å². The number of fused-ring (bicyclic) bond motifs is 7. The van der Waals surface area contributed by atoms with Crippen LogP contribution in [0.2, 0.25) is 0 Å². The Balaban J connectivity index is 1.59. The molecule has 4 rings (SSSR count). The van der Waals surface area contributed by atoms with Crippen LogP contribution in [0.5, 0.6) is 0 Å². The Labute approximate surface area is 85.0 Å². The highest BCUT2D eigenvalue weighted by molar-refractivity contribution is 5.14. The predicted octanol–water partition coefficient (Wildman–Crippen LogP) is 1.65. The molecule has 0 aromatic carbocycles. The molecule has 77 valence electrons. The lowest BCUT2D eigenvalue weighted by molar-refractivity contribution is -0.0114. The van der Waals surface area contributed by atoms with Crippen molar-refractivity contribution >= 4 is 0 Å². The molecular formula is C12H17O2. The minimum absolute atomic E-state index is 0.515. The van der Waals surface area contributed by atoms with Crippen molar-refractivity contribution in [1.29, 1.82) is 0 Å². The lowest BCUT2D eigenvalue weighted by Crippen LogP contribution is -2.33. The molecular weight excluding hydrogens is 176 g/mol. The highest BCUT2D eigenvalue weighted by Crippen LogP contribution is 2.64. The fourth-order valence-corrected chi connectivity index (χ4v) is 4.59. The molecule has 4 fully saturated rings. The van der Waals surface area contributed by atoms with Gasteiger partial charge < -0.3 is 9.47 Å². The smallest absolute Gasteiger partial charge is 0.0876 e. The lowest BCUT2D eigenvalue weighted by Gasteiger charge is -2.32. The first-order chi connectivity index (χ1) is 6.88. The fourth-order valence-electron chi connectivity index (χ4n) is 4.59. The van der Waals surface area contributed by atoms with Gasteiger partial charge in [-0.15, -0.1) is 0 Å². The summed E-state index contributed by atoms with van der Waals surface area (Å²) in [5.74, 6) is 3.62. The maximum absolute atomic E-state index is 5.75. The molecule has 1 radical (unpaired) electrons. The molecule has 3 saturated carbocycles. The standard InChI is InChI=1S/C12H17O2/c1-2-13-9-4-6-3-8(9)11-7(6)5-10-12(11)14-10/h6-12H,1-5H2. The highest BCUT2D eigenvalue weighted by Gasteiger charge is 2.66. The Hall–Kier alpha value is -0.0800. The van der Waals surface area contributed by atoms with Crippen LogP contribution in [0.25, 0.3) is 0 Å². The number of rotatable bonds is 2. The zero-order valence-electron chi connectivity index (χ0n) is 8.39. The molecule has 2 nitrogen and oxygen atoms in total. The minimum Gasteiger partial charge on any atom is -0.378 e. The highest BCUT2D eigenvalue weighted by atomic mass is 16.6. The van der Waals surface area contributed by atoms with E-state index in [0.717, 1.165) is 23.7 Å². The van der Waals surface area contributed by atoms with E-state index < -0.39 is 0 Å². The van der Waals surface area contributed by atoms with Gasteiger partial charge in [0.1, 0.15) is 0 Å². The second-order valence-electron chi connectivity index (χ2n) is 5.42. The van der Waals surface area contributed by atoms with Gasteiger partial charge in [0.2, 0.25) is 0 Å². The van der Waals surface area contributed by atoms with Crippen molar-refractivity contribution < 1.29 is 9.47 Å². The fraction of sp³-hybridized carbons (Fsp3) is 0.917. The molecule has 4 aliphatic rings. The molecule has 0 spiro atoms. The topological polar surface area (TPSA) is 21.8 Å². The maximum Gasteiger partial charge on any atom is 0.0876 e. The van der Waals surface area contributed by atoms with Gasteiger partial charge >= 0.3 is 0 Å². The molecule has 2 heteroatoms. The van der Waals surface area contributed by atoms with Crippen LogP contribution >= 0.6 is 0 Å². The van der Waals surface area contributed by atoms with E-state index in [1.165, 1.54) is 19.3 Å². The van der Waals surface area contributed by atoms with E-state index in [9.17, 15) is 0 Å². The summed E-state index contributed by atoms with van der Waals surface area (Å²) < 4.78 is 11.4. The van der Waals surface area contributed by atoms with E-state index in [1.807, 2.05) is 0 Å². The zero-order valence-corrected chi connectivity index (χ0v) is 8.39. The summed E-state index contributed by atoms with van der Waals surface area (Å²) in [6.07, 6.45) is 5.86. The first kappa shape index (κ1) is 8.12. The van der Waals surface area contributed by atoms with E-state index in [4.69, 9.17) is 9.47 Å². The van der Waals surface area contributed by atoms with Gasteiger partial charge in [0.05, 0.1) is 18.3 Å². The molecule has 2 bridgehead atoms. The summed E-state index contributed by atoms with van der Waals surface area (Å²) >= 11 is 0. The summed E-state index contributed by atoms with van der Waals surface area (Å²) in [7, 11) is 0. The normalized spacial score (nSPS) is 62.8. The van der Waals surface area contributed by atoms with Crippen LogP contribution < -0.4 is 0 Å². The van der Waals surface area contributed by atoms with Crippen LogP contribution in [0.1, 0.15) is 19.3 Å². The Morgan fingerprint density at radius 3 is 3.00 bits per heavy atom. The third-order valence-corrected chi connectivity index (χ3v) is 5.02. The van der Waals surface area contributed by atoms with Crippen molar-refractivity contribution in [2.75, 3.05) is 6.61 Å². The van der Waals surface area contributed by atoms with Crippen molar-refractivity contribution in [3.63, 3.8) is 0 Å². The molecule has 0 aromatic heterocycles. The Kier molecular flexibility index (Phi) is 1.47. The molecule has 7 atom stereocenters. The Morgan fingerprint density at radius 1 is 1.21 bits per heavy atom. The molecule has 7 unspecified atom stereocenters. The van der Waals surface area contributed by atoms with Crippen LogP contribution in [0, 0.1) is 30.6 Å². The van der Waals surface area contributed by atoms with E-state index in [1.54, 1.807) is 0 Å². The van der Waals surface area contributed by atoms with E-state index in [0.29, 0.717) is 24.9 Å². The Bertz CT molecular complexity index is 263. The quantitative estimate of drug-likeness (QED) is 0.622. The second-order valence-corrected chi connectivity index (χ2v) is 5.42. The molecule has 0 aromatic rings. The van der Waals surface area contributed by atoms with Crippen molar-refractivity contribution in [3.05, 3.63) is 6.92 Å². The third-order valence-electron chi connectivity index (χ3n) is 5.02. The van der Waals surface area contributed by atoms with Gasteiger partial charge in [-0.2, -0.15) is 0 Å². The zero-order chi connectivity index (χ0) is 9.28. The van der Waals surface area contributed by atoms with Crippen LogP contribution in [-0.2, 0) is 9.47 Å². The maximum atomic E-state index is 5.75. The summed E-state index contributed by atoms with van der Waals surface area (Å²) in [4.78, 5) is 0. The molecule has 14 heavy (non-hydrogen) atoms. The van der Waals surface area contributed by atoms with Gasteiger partial charge in [0.25, 0.3) is 0 Å². The first-order valence-electron chi connectivity index (χ1n) is 5.95. The van der Waals surface area contributed by atoms with Crippen molar-refractivity contribution in [2.24, 2.45) is 23.7 Å². The van der Waals surface area contributed by atoms with E-state index in [-0.39, 0.29) is 0 Å². The molecule has 3 aliphatic carbocycles. The van der Waals surface area contributed by atoms with Gasteiger partial charge in [-0.1, -0.05) is 0 Å². The SMILES string of the molecule is [CH2]COC1CC2CC1C1C2CC2OC21. The van der Waals surface area contributed by atoms with Crippen molar-refractivity contribution in [1.82, 2.24) is 0 Å². The van der Waals surface area contributed by atoms with Crippen LogP contribution in [0.15, 0.2) is 0 Å². The average molecular weight is 193 g/mol. The van der Waals surface area contributed by atoms with E-state index >= 15 is 0 Å². The van der Waals surface area contributed by atoms with Gasteiger partial charge in [-0.05, 0) is 49.9 Å². The van der Waals surface area contributed by atoms with Gasteiger partial charge in [0.15, 0.2) is 0 Å². The van der Waals surface area contributed by atoms with Gasteiger partial charge in [-0.3, -0.25) is 0 Å². The molecule has 0 amide bonds. The van der Waals surface area contributed by atoms with Crippen molar-refractivity contribution in [2.45, 2.75) is 37.6 Å². The van der Waals surface area contributed by atoms with Gasteiger partial charge in [-0.25, -0.2) is 0 Å². The number of hydrogen-bond acceptors (Lipinski definition) is 2. The van der Waals surface area contributed by atoms with Gasteiger partial charge in [0, 0.05) is 6.61 Å². The predicted molar refractivity (Wildman–Crippen MR) is 51.6 cm³/mol. The van der Waals surface area contributed by atoms with Crippen molar-refractivity contribution in [3.8, 4) is 0 Å². The number of epoxide rings is 1. The summed E-state index contributed by atoms with van der Waals surface area (Å²) in [5.41, 5.74) is 0. The molecule has 0 N–H and O–H groups in total. The molecule has 1 saturated heterocycles. The van der Waals surface area contributed by atoms with Crippen LogP contribution in [0.3, 0.4) is 0 Å². The second kappa shape index (κ2) is 2.53. The Morgan fingerprint density at radius 2 is 2.14 bits per heavy atom. The summed E-state index contributed by atoms with van der Waals surface area (Å²) in [6, 6.07) is 0. The molecule has 1 heterocycles. The summed E-state index contributed by atoms with van der Waals surface area (Å²) in [6.45, 7) is 4.43. The number of hydrogen-bond donors (Lipinski definition) is 0. The number of ether oxygens (including phenoxy) is 2. The monoisotopic (exact) mass is 193 g/mol. The lowest BCUT2D eigenvalue weighted by atomic mass is 9.79. The third kappa shape index (κ3) is 0.849. The largest absolute Gasteiger partial charge is 0.378 e.